The SMILES string of the molecule is CNC1CCC(c2ccc(Cl)c(Cl)c2)c2ccc(S(=O)(=O)Cl)cc21. The van der Waals surface area contributed by atoms with Crippen molar-refractivity contribution in [2.24, 2.45) is 0 Å². The van der Waals surface area contributed by atoms with Crippen LogP contribution in [0.15, 0.2) is 41.3 Å². The Morgan fingerprint density at radius 1 is 1.00 bits per heavy atom. The maximum Gasteiger partial charge on any atom is 0.261 e. The van der Waals surface area contributed by atoms with Gasteiger partial charge in [-0.3, -0.25) is 0 Å². The zero-order valence-electron chi connectivity index (χ0n) is 12.9. The molecule has 1 N–H and O–H groups in total. The summed E-state index contributed by atoms with van der Waals surface area (Å²) in [4.78, 5) is 0.123. The topological polar surface area (TPSA) is 46.2 Å². The fourth-order valence-corrected chi connectivity index (χ4v) is 4.44. The van der Waals surface area contributed by atoms with Crippen LogP contribution in [-0.4, -0.2) is 15.5 Å². The number of halogens is 3. The van der Waals surface area contributed by atoms with Crippen LogP contribution < -0.4 is 5.32 Å². The molecule has 3 rings (SSSR count). The van der Waals surface area contributed by atoms with Crippen molar-refractivity contribution >= 4 is 42.9 Å². The van der Waals surface area contributed by atoms with Gasteiger partial charge in [0.05, 0.1) is 14.9 Å². The third kappa shape index (κ3) is 3.44. The smallest absolute Gasteiger partial charge is 0.261 e. The van der Waals surface area contributed by atoms with E-state index in [0.717, 1.165) is 29.5 Å². The molecule has 0 amide bonds. The molecule has 0 saturated heterocycles. The van der Waals surface area contributed by atoms with Gasteiger partial charge in [0.15, 0.2) is 0 Å². The molecule has 2 unspecified atom stereocenters. The summed E-state index contributed by atoms with van der Waals surface area (Å²) in [5, 5.41) is 4.29. The first-order valence-electron chi connectivity index (χ1n) is 7.52. The summed E-state index contributed by atoms with van der Waals surface area (Å²) in [6.07, 6.45) is 1.82. The highest BCUT2D eigenvalue weighted by Gasteiger charge is 2.29. The summed E-state index contributed by atoms with van der Waals surface area (Å²) in [6.45, 7) is 0. The minimum atomic E-state index is -3.76. The monoisotopic (exact) mass is 403 g/mol. The fraction of sp³-hybridized carbons (Fsp3) is 0.294. The molecule has 0 radical (unpaired) electrons. The van der Waals surface area contributed by atoms with Crippen LogP contribution in [0.5, 0.6) is 0 Å². The second kappa shape index (κ2) is 6.85. The Balaban J connectivity index is 2.12. The van der Waals surface area contributed by atoms with Crippen LogP contribution in [-0.2, 0) is 9.05 Å². The van der Waals surface area contributed by atoms with Gasteiger partial charge in [0.1, 0.15) is 0 Å². The van der Waals surface area contributed by atoms with Crippen molar-refractivity contribution in [1.29, 1.82) is 0 Å². The van der Waals surface area contributed by atoms with Crippen LogP contribution in [0.3, 0.4) is 0 Å². The number of hydrogen-bond acceptors (Lipinski definition) is 3. The van der Waals surface area contributed by atoms with Crippen LogP contribution in [0.2, 0.25) is 10.0 Å². The second-order valence-electron chi connectivity index (χ2n) is 5.87. The fourth-order valence-electron chi connectivity index (χ4n) is 3.34. The number of nitrogens with one attached hydrogen (secondary N) is 1. The molecule has 24 heavy (non-hydrogen) atoms. The van der Waals surface area contributed by atoms with Crippen molar-refractivity contribution in [1.82, 2.24) is 5.32 Å². The predicted octanol–water partition coefficient (Wildman–Crippen LogP) is 5.11. The molecule has 128 valence electrons. The summed E-state index contributed by atoms with van der Waals surface area (Å²) >= 11 is 12.2. The Kier molecular flexibility index (Phi) is 5.14. The van der Waals surface area contributed by atoms with Gasteiger partial charge in [0.25, 0.3) is 9.05 Å². The second-order valence-corrected chi connectivity index (χ2v) is 9.25. The molecule has 0 heterocycles. The van der Waals surface area contributed by atoms with Crippen LogP contribution in [0.1, 0.15) is 41.5 Å². The quantitative estimate of drug-likeness (QED) is 0.723. The van der Waals surface area contributed by atoms with E-state index in [0.29, 0.717) is 10.0 Å². The van der Waals surface area contributed by atoms with Gasteiger partial charge in [-0.05, 0) is 60.8 Å². The third-order valence-corrected chi connectivity index (χ3v) is 6.62. The van der Waals surface area contributed by atoms with Gasteiger partial charge >= 0.3 is 0 Å². The molecule has 0 bridgehead atoms. The lowest BCUT2D eigenvalue weighted by Gasteiger charge is -2.32. The summed E-state index contributed by atoms with van der Waals surface area (Å²) in [6, 6.07) is 10.8. The molecule has 2 aromatic rings. The average Bonchev–Trinajstić information content (AvgIpc) is 2.55. The van der Waals surface area contributed by atoms with Crippen molar-refractivity contribution in [2.75, 3.05) is 7.05 Å². The Morgan fingerprint density at radius 2 is 1.75 bits per heavy atom. The number of rotatable bonds is 3. The van der Waals surface area contributed by atoms with Crippen LogP contribution >= 0.6 is 33.9 Å². The molecule has 0 saturated carbocycles. The van der Waals surface area contributed by atoms with E-state index in [2.05, 4.69) is 5.32 Å². The van der Waals surface area contributed by atoms with Gasteiger partial charge in [0.2, 0.25) is 0 Å². The molecule has 0 fully saturated rings. The van der Waals surface area contributed by atoms with E-state index in [1.807, 2.05) is 25.2 Å². The van der Waals surface area contributed by atoms with E-state index in [-0.39, 0.29) is 16.9 Å². The van der Waals surface area contributed by atoms with Crippen LogP contribution in [0, 0.1) is 0 Å². The van der Waals surface area contributed by atoms with E-state index in [1.165, 1.54) is 0 Å². The summed E-state index contributed by atoms with van der Waals surface area (Å²) in [7, 11) is 3.62. The lowest BCUT2D eigenvalue weighted by Crippen LogP contribution is -2.24. The summed E-state index contributed by atoms with van der Waals surface area (Å²) < 4.78 is 23.3. The number of hydrogen-bond donors (Lipinski definition) is 1. The van der Waals surface area contributed by atoms with E-state index in [1.54, 1.807) is 18.2 Å². The molecule has 0 spiro atoms. The molecule has 2 aromatic carbocycles. The molecular formula is C17H16Cl3NO2S. The minimum absolute atomic E-state index is 0.0948. The maximum absolute atomic E-state index is 11.7. The normalized spacial score (nSPS) is 20.7. The van der Waals surface area contributed by atoms with Crippen molar-refractivity contribution in [3.8, 4) is 0 Å². The maximum atomic E-state index is 11.7. The van der Waals surface area contributed by atoms with E-state index in [9.17, 15) is 8.42 Å². The van der Waals surface area contributed by atoms with Crippen molar-refractivity contribution < 1.29 is 8.42 Å². The molecule has 1 aliphatic carbocycles. The van der Waals surface area contributed by atoms with E-state index in [4.69, 9.17) is 33.9 Å². The van der Waals surface area contributed by atoms with Gasteiger partial charge in [-0.1, -0.05) is 35.3 Å². The molecular weight excluding hydrogens is 389 g/mol. The van der Waals surface area contributed by atoms with Crippen LogP contribution in [0.4, 0.5) is 0 Å². The minimum Gasteiger partial charge on any atom is -0.313 e. The zero-order valence-corrected chi connectivity index (χ0v) is 16.0. The standard InChI is InChI=1S/C17H16Cl3NO2S/c1-21-17-7-5-12(10-2-6-15(18)16(19)8-10)13-4-3-11(9-14(13)17)24(20,22)23/h2-4,6,8-9,12,17,21H,5,7H2,1H3. The molecule has 1 aliphatic rings. The Hall–Kier alpha value is -0.780. The zero-order chi connectivity index (χ0) is 17.5. The lowest BCUT2D eigenvalue weighted by atomic mass is 9.77. The molecule has 0 aliphatic heterocycles. The predicted molar refractivity (Wildman–Crippen MR) is 98.8 cm³/mol. The van der Waals surface area contributed by atoms with Gasteiger partial charge in [0, 0.05) is 22.6 Å². The van der Waals surface area contributed by atoms with Crippen molar-refractivity contribution in [3.63, 3.8) is 0 Å². The van der Waals surface area contributed by atoms with Gasteiger partial charge in [-0.2, -0.15) is 0 Å². The average molecular weight is 405 g/mol. The van der Waals surface area contributed by atoms with Gasteiger partial charge in [-0.25, -0.2) is 8.42 Å². The Morgan fingerprint density at radius 3 is 2.38 bits per heavy atom. The van der Waals surface area contributed by atoms with Crippen molar-refractivity contribution in [3.05, 3.63) is 63.1 Å². The first-order chi connectivity index (χ1) is 11.3. The number of fused-ring (bicyclic) bond motifs is 1. The lowest BCUT2D eigenvalue weighted by molar-refractivity contribution is 0.469. The van der Waals surface area contributed by atoms with E-state index < -0.39 is 9.05 Å². The highest BCUT2D eigenvalue weighted by Crippen LogP contribution is 2.43. The van der Waals surface area contributed by atoms with Crippen LogP contribution in [0.25, 0.3) is 0 Å². The molecule has 7 heteroatoms. The number of benzene rings is 2. The highest BCUT2D eigenvalue weighted by atomic mass is 35.7. The third-order valence-electron chi connectivity index (χ3n) is 4.53. The Labute approximate surface area is 156 Å². The Bertz CT molecular complexity index is 883. The van der Waals surface area contributed by atoms with Crippen molar-refractivity contribution in [2.45, 2.75) is 29.7 Å². The molecule has 0 aromatic heterocycles. The highest BCUT2D eigenvalue weighted by molar-refractivity contribution is 8.13. The van der Waals surface area contributed by atoms with Gasteiger partial charge in [-0.15, -0.1) is 0 Å². The summed E-state index contributed by atoms with van der Waals surface area (Å²) in [5.74, 6) is 0.145. The molecule has 3 nitrogen and oxygen atoms in total. The van der Waals surface area contributed by atoms with E-state index >= 15 is 0 Å². The first-order valence-corrected chi connectivity index (χ1v) is 10.6. The van der Waals surface area contributed by atoms with Gasteiger partial charge < -0.3 is 5.32 Å². The largest absolute Gasteiger partial charge is 0.313 e. The first kappa shape index (κ1) is 18.0. The summed E-state index contributed by atoms with van der Waals surface area (Å²) in [5.41, 5.74) is 3.12. The molecule has 2 atom stereocenters.